The topological polar surface area (TPSA) is 87.3 Å². The normalized spacial score (nSPS) is 15.8. The molecule has 0 radical (unpaired) electrons. The van der Waals surface area contributed by atoms with Gasteiger partial charge in [-0.25, -0.2) is 4.39 Å². The first-order chi connectivity index (χ1) is 14.1. The quantitative estimate of drug-likeness (QED) is 0.650. The van der Waals surface area contributed by atoms with Crippen LogP contribution in [0.1, 0.15) is 57.7 Å². The van der Waals surface area contributed by atoms with Crippen LogP contribution in [0.25, 0.3) is 0 Å². The first-order valence-electron chi connectivity index (χ1n) is 9.88. The molecule has 1 atom stereocenters. The van der Waals surface area contributed by atoms with Gasteiger partial charge in [-0.1, -0.05) is 20.8 Å². The lowest BCUT2D eigenvalue weighted by Gasteiger charge is -2.33. The van der Waals surface area contributed by atoms with E-state index < -0.39 is 17.6 Å². The highest BCUT2D eigenvalue weighted by atomic mass is 32.1. The molecular formula is C22H26FN3O3S. The number of carbonyl (C=O) groups excluding carboxylic acids is 3. The van der Waals surface area contributed by atoms with Crippen molar-refractivity contribution in [3.63, 3.8) is 0 Å². The van der Waals surface area contributed by atoms with E-state index in [1.165, 1.54) is 46.0 Å². The minimum atomic E-state index is -0.562. The van der Waals surface area contributed by atoms with Crippen molar-refractivity contribution in [3.8, 4) is 0 Å². The third kappa shape index (κ3) is 5.44. The van der Waals surface area contributed by atoms with Crippen LogP contribution in [0, 0.1) is 17.2 Å². The van der Waals surface area contributed by atoms with Crippen molar-refractivity contribution in [1.29, 1.82) is 0 Å². The van der Waals surface area contributed by atoms with Crippen LogP contribution in [-0.4, -0.2) is 24.3 Å². The summed E-state index contributed by atoms with van der Waals surface area (Å²) in [6, 6.07) is 6.90. The van der Waals surface area contributed by atoms with Crippen LogP contribution in [0.3, 0.4) is 0 Å². The van der Waals surface area contributed by atoms with Crippen molar-refractivity contribution in [3.05, 3.63) is 57.0 Å². The van der Waals surface area contributed by atoms with E-state index in [1.54, 1.807) is 0 Å². The van der Waals surface area contributed by atoms with Gasteiger partial charge in [-0.3, -0.25) is 25.2 Å². The molecule has 0 fully saturated rings. The molecule has 0 saturated heterocycles. The lowest BCUT2D eigenvalue weighted by Crippen LogP contribution is -2.46. The van der Waals surface area contributed by atoms with Gasteiger partial charge in [-0.2, -0.15) is 0 Å². The highest BCUT2D eigenvalue weighted by molar-refractivity contribution is 7.14. The highest BCUT2D eigenvalue weighted by Crippen LogP contribution is 2.40. The fourth-order valence-corrected chi connectivity index (χ4v) is 4.57. The largest absolute Gasteiger partial charge is 0.343 e. The molecule has 3 amide bonds. The maximum absolute atomic E-state index is 12.9. The standard InChI is InChI=1S/C22H26FN3O3S/c1-22(2,3)15-6-9-17-14(10-15)11-18(30-17)21(29)26-25-19(27)12-24-20(28)13-4-7-16(23)8-5-13/h4-5,7-8,11,15H,6,9-10,12H2,1-3H3,(H,24,28)(H,25,27)(H,26,29). The van der Waals surface area contributed by atoms with Crippen LogP contribution in [0.15, 0.2) is 30.3 Å². The lowest BCUT2D eigenvalue weighted by atomic mass is 9.72. The van der Waals surface area contributed by atoms with Gasteiger partial charge in [0.2, 0.25) is 0 Å². The minimum absolute atomic E-state index is 0.231. The number of thiophene rings is 1. The molecule has 8 heteroatoms. The number of rotatable bonds is 4. The molecule has 0 saturated carbocycles. The summed E-state index contributed by atoms with van der Waals surface area (Å²) in [5, 5.41) is 2.42. The van der Waals surface area contributed by atoms with E-state index in [2.05, 4.69) is 36.9 Å². The summed E-state index contributed by atoms with van der Waals surface area (Å²) in [5.74, 6) is -1.31. The third-order valence-corrected chi connectivity index (χ3v) is 6.60. The maximum atomic E-state index is 12.9. The molecule has 3 rings (SSSR count). The monoisotopic (exact) mass is 431 g/mol. The Kier molecular flexibility index (Phi) is 6.55. The average Bonchev–Trinajstić information content (AvgIpc) is 3.13. The SMILES string of the molecule is CC(C)(C)C1CCc2sc(C(=O)NNC(=O)CNC(=O)c3ccc(F)cc3)cc2C1. The number of hydrazine groups is 1. The van der Waals surface area contributed by atoms with Crippen molar-refractivity contribution in [1.82, 2.24) is 16.2 Å². The molecule has 1 heterocycles. The van der Waals surface area contributed by atoms with Crippen molar-refractivity contribution < 1.29 is 18.8 Å². The zero-order valence-corrected chi connectivity index (χ0v) is 18.1. The Bertz CT molecular complexity index is 948. The molecular weight excluding hydrogens is 405 g/mol. The van der Waals surface area contributed by atoms with Crippen molar-refractivity contribution in [2.75, 3.05) is 6.54 Å². The molecule has 1 aromatic carbocycles. The first kappa shape index (κ1) is 22.0. The number of fused-ring (bicyclic) bond motifs is 1. The number of hydrogen-bond donors (Lipinski definition) is 3. The molecule has 0 spiro atoms. The molecule has 2 aromatic rings. The number of amides is 3. The number of hydrogen-bond acceptors (Lipinski definition) is 4. The van der Waals surface area contributed by atoms with E-state index in [0.29, 0.717) is 10.8 Å². The molecule has 160 valence electrons. The lowest BCUT2D eigenvalue weighted by molar-refractivity contribution is -0.120. The van der Waals surface area contributed by atoms with Crippen molar-refractivity contribution >= 4 is 29.1 Å². The summed E-state index contributed by atoms with van der Waals surface area (Å²) < 4.78 is 12.9. The van der Waals surface area contributed by atoms with Gasteiger partial charge >= 0.3 is 0 Å². The van der Waals surface area contributed by atoms with E-state index in [4.69, 9.17) is 0 Å². The van der Waals surface area contributed by atoms with Gasteiger partial charge < -0.3 is 5.32 Å². The predicted octanol–water partition coefficient (Wildman–Crippen LogP) is 3.23. The van der Waals surface area contributed by atoms with Crippen LogP contribution >= 0.6 is 11.3 Å². The molecule has 1 aromatic heterocycles. The van der Waals surface area contributed by atoms with E-state index in [1.807, 2.05) is 6.07 Å². The Morgan fingerprint density at radius 2 is 1.80 bits per heavy atom. The summed E-state index contributed by atoms with van der Waals surface area (Å²) in [4.78, 5) is 38.0. The minimum Gasteiger partial charge on any atom is -0.343 e. The molecule has 0 bridgehead atoms. The summed E-state index contributed by atoms with van der Waals surface area (Å²) in [6.45, 7) is 6.41. The Hall–Kier alpha value is -2.74. The van der Waals surface area contributed by atoms with Crippen molar-refractivity contribution in [2.24, 2.45) is 11.3 Å². The second kappa shape index (κ2) is 8.95. The first-order valence-corrected chi connectivity index (χ1v) is 10.7. The van der Waals surface area contributed by atoms with Gasteiger partial charge in [0.15, 0.2) is 0 Å². The van der Waals surface area contributed by atoms with E-state index >= 15 is 0 Å². The molecule has 3 N–H and O–H groups in total. The summed E-state index contributed by atoms with van der Waals surface area (Å²) in [7, 11) is 0. The average molecular weight is 432 g/mol. The maximum Gasteiger partial charge on any atom is 0.279 e. The van der Waals surface area contributed by atoms with Gasteiger partial charge in [-0.15, -0.1) is 11.3 Å². The van der Waals surface area contributed by atoms with Crippen LogP contribution in [0.4, 0.5) is 4.39 Å². The third-order valence-electron chi connectivity index (χ3n) is 5.36. The summed E-state index contributed by atoms with van der Waals surface area (Å²) in [6.07, 6.45) is 3.05. The van der Waals surface area contributed by atoms with Gasteiger partial charge in [0.1, 0.15) is 5.82 Å². The Labute approximate surface area is 179 Å². The molecule has 1 unspecified atom stereocenters. The Balaban J connectivity index is 1.48. The molecule has 30 heavy (non-hydrogen) atoms. The van der Waals surface area contributed by atoms with Gasteiger partial charge in [0, 0.05) is 10.4 Å². The smallest absolute Gasteiger partial charge is 0.279 e. The van der Waals surface area contributed by atoms with Crippen LogP contribution in [-0.2, 0) is 17.6 Å². The fourth-order valence-electron chi connectivity index (χ4n) is 3.47. The Morgan fingerprint density at radius 1 is 1.10 bits per heavy atom. The van der Waals surface area contributed by atoms with E-state index in [-0.39, 0.29) is 23.4 Å². The molecule has 1 aliphatic rings. The second-order valence-corrected chi connectivity index (χ2v) is 9.69. The summed E-state index contributed by atoms with van der Waals surface area (Å²) >= 11 is 1.46. The van der Waals surface area contributed by atoms with Crippen molar-refractivity contribution in [2.45, 2.75) is 40.0 Å². The molecule has 1 aliphatic carbocycles. The molecule has 6 nitrogen and oxygen atoms in total. The van der Waals surface area contributed by atoms with Crippen LogP contribution in [0.2, 0.25) is 0 Å². The number of aryl methyl sites for hydroxylation is 1. The Morgan fingerprint density at radius 3 is 2.47 bits per heavy atom. The second-order valence-electron chi connectivity index (χ2n) is 8.56. The number of benzene rings is 1. The number of carbonyl (C=O) groups is 3. The predicted molar refractivity (Wildman–Crippen MR) is 114 cm³/mol. The van der Waals surface area contributed by atoms with Crippen LogP contribution in [0.5, 0.6) is 0 Å². The van der Waals surface area contributed by atoms with E-state index in [9.17, 15) is 18.8 Å². The van der Waals surface area contributed by atoms with Gasteiger partial charge in [-0.05, 0) is 66.5 Å². The van der Waals surface area contributed by atoms with Gasteiger partial charge in [0.05, 0.1) is 11.4 Å². The van der Waals surface area contributed by atoms with Crippen LogP contribution < -0.4 is 16.2 Å². The zero-order chi connectivity index (χ0) is 21.9. The number of nitrogens with one attached hydrogen (secondary N) is 3. The highest BCUT2D eigenvalue weighted by Gasteiger charge is 2.30. The number of halogens is 1. The summed E-state index contributed by atoms with van der Waals surface area (Å²) in [5.41, 5.74) is 6.38. The molecule has 0 aliphatic heterocycles. The fraction of sp³-hybridized carbons (Fsp3) is 0.409. The van der Waals surface area contributed by atoms with E-state index in [0.717, 1.165) is 19.3 Å². The zero-order valence-electron chi connectivity index (χ0n) is 17.3. The van der Waals surface area contributed by atoms with Gasteiger partial charge in [0.25, 0.3) is 17.7 Å².